The van der Waals surface area contributed by atoms with Crippen LogP contribution >= 0.6 is 15.9 Å². The molecule has 5 heteroatoms. The van der Waals surface area contributed by atoms with Crippen LogP contribution in [-0.2, 0) is 6.42 Å². The van der Waals surface area contributed by atoms with Crippen molar-refractivity contribution in [1.29, 1.82) is 0 Å². The maximum Gasteiger partial charge on any atom is 0.411 e. The standard InChI is InChI=1S/C14H16BrNO3/c15-7-1-2-9-19-12-5-6-13-11(10-12)4-3-8-16(13)14(17)18/h1-2,5-6,10H,3-4,7-9H2,(H,17,18). The van der Waals surface area contributed by atoms with Crippen molar-refractivity contribution in [2.24, 2.45) is 0 Å². The summed E-state index contributed by atoms with van der Waals surface area (Å²) in [6, 6.07) is 5.58. The summed E-state index contributed by atoms with van der Waals surface area (Å²) in [7, 11) is 0. The van der Waals surface area contributed by atoms with Crippen molar-refractivity contribution < 1.29 is 14.6 Å². The molecule has 0 aromatic heterocycles. The Kier molecular flexibility index (Phi) is 4.85. The lowest BCUT2D eigenvalue weighted by molar-refractivity contribution is 0.201. The van der Waals surface area contributed by atoms with E-state index in [9.17, 15) is 4.79 Å². The van der Waals surface area contributed by atoms with Gasteiger partial charge in [0, 0.05) is 11.9 Å². The highest BCUT2D eigenvalue weighted by Gasteiger charge is 2.21. The third-order valence-corrected chi connectivity index (χ3v) is 3.38. The third-order valence-electron chi connectivity index (χ3n) is 3.00. The molecule has 1 heterocycles. The number of halogens is 1. The van der Waals surface area contributed by atoms with Crippen molar-refractivity contribution in [1.82, 2.24) is 0 Å². The van der Waals surface area contributed by atoms with Gasteiger partial charge in [0.05, 0.1) is 5.69 Å². The van der Waals surface area contributed by atoms with E-state index in [0.29, 0.717) is 13.2 Å². The van der Waals surface area contributed by atoms with Crippen LogP contribution in [0, 0.1) is 0 Å². The summed E-state index contributed by atoms with van der Waals surface area (Å²) in [4.78, 5) is 12.5. The first-order valence-corrected chi connectivity index (χ1v) is 7.31. The number of hydrogen-bond donors (Lipinski definition) is 1. The second-order valence-electron chi connectivity index (χ2n) is 4.26. The number of rotatable bonds is 4. The minimum absolute atomic E-state index is 0.521. The Hall–Kier alpha value is -1.49. The number of fused-ring (bicyclic) bond motifs is 1. The molecule has 0 unspecified atom stereocenters. The molecular weight excluding hydrogens is 310 g/mol. The van der Waals surface area contributed by atoms with E-state index in [1.165, 1.54) is 4.90 Å². The average molecular weight is 326 g/mol. The fourth-order valence-corrected chi connectivity index (χ4v) is 2.40. The van der Waals surface area contributed by atoms with Gasteiger partial charge in [0.2, 0.25) is 0 Å². The molecule has 2 rings (SSSR count). The molecule has 1 amide bonds. The number of aryl methyl sites for hydroxylation is 1. The van der Waals surface area contributed by atoms with Crippen LogP contribution in [0.25, 0.3) is 0 Å². The molecule has 1 aliphatic rings. The van der Waals surface area contributed by atoms with E-state index in [-0.39, 0.29) is 0 Å². The van der Waals surface area contributed by atoms with Crippen LogP contribution in [0.3, 0.4) is 0 Å². The zero-order chi connectivity index (χ0) is 13.7. The molecule has 0 aliphatic carbocycles. The van der Waals surface area contributed by atoms with E-state index < -0.39 is 6.09 Å². The Bertz CT molecular complexity index is 488. The first-order chi connectivity index (χ1) is 9.22. The second kappa shape index (κ2) is 6.61. The minimum Gasteiger partial charge on any atom is -0.490 e. The molecule has 19 heavy (non-hydrogen) atoms. The summed E-state index contributed by atoms with van der Waals surface area (Å²) < 4.78 is 5.60. The molecule has 0 saturated heterocycles. The van der Waals surface area contributed by atoms with Crippen LogP contribution < -0.4 is 9.64 Å². The number of hydrogen-bond acceptors (Lipinski definition) is 2. The van der Waals surface area contributed by atoms with Gasteiger partial charge in [-0.2, -0.15) is 0 Å². The van der Waals surface area contributed by atoms with Crippen LogP contribution in [0.4, 0.5) is 10.5 Å². The van der Waals surface area contributed by atoms with Gasteiger partial charge in [-0.15, -0.1) is 0 Å². The van der Waals surface area contributed by atoms with Gasteiger partial charge in [-0.05, 0) is 36.6 Å². The van der Waals surface area contributed by atoms with Gasteiger partial charge >= 0.3 is 6.09 Å². The van der Waals surface area contributed by atoms with E-state index in [4.69, 9.17) is 9.84 Å². The van der Waals surface area contributed by atoms with Crippen molar-refractivity contribution in [2.45, 2.75) is 12.8 Å². The van der Waals surface area contributed by atoms with Gasteiger partial charge in [0.25, 0.3) is 0 Å². The number of alkyl halides is 1. The smallest absolute Gasteiger partial charge is 0.411 e. The van der Waals surface area contributed by atoms with Gasteiger partial charge in [-0.25, -0.2) is 4.79 Å². The Balaban J connectivity index is 2.10. The number of nitrogens with zero attached hydrogens (tertiary/aromatic N) is 1. The Morgan fingerprint density at radius 2 is 2.32 bits per heavy atom. The predicted octanol–water partition coefficient (Wildman–Crippen LogP) is 3.45. The van der Waals surface area contributed by atoms with Crippen molar-refractivity contribution in [3.05, 3.63) is 35.9 Å². The lowest BCUT2D eigenvalue weighted by Gasteiger charge is -2.27. The lowest BCUT2D eigenvalue weighted by Crippen LogP contribution is -2.34. The largest absolute Gasteiger partial charge is 0.490 e. The summed E-state index contributed by atoms with van der Waals surface area (Å²) in [5, 5.41) is 9.95. The highest BCUT2D eigenvalue weighted by molar-refractivity contribution is 9.09. The van der Waals surface area contributed by atoms with Gasteiger partial charge in [-0.3, -0.25) is 4.90 Å². The third kappa shape index (κ3) is 3.50. The highest BCUT2D eigenvalue weighted by Crippen LogP contribution is 2.30. The van der Waals surface area contributed by atoms with Gasteiger partial charge in [-0.1, -0.05) is 28.1 Å². The molecule has 102 valence electrons. The van der Waals surface area contributed by atoms with Crippen molar-refractivity contribution in [3.8, 4) is 5.75 Å². The van der Waals surface area contributed by atoms with E-state index >= 15 is 0 Å². The molecule has 1 aromatic rings. The van der Waals surface area contributed by atoms with E-state index in [0.717, 1.165) is 35.2 Å². The molecule has 1 aromatic carbocycles. The molecule has 1 aliphatic heterocycles. The monoisotopic (exact) mass is 325 g/mol. The Morgan fingerprint density at radius 1 is 1.47 bits per heavy atom. The number of ether oxygens (including phenoxy) is 1. The first-order valence-electron chi connectivity index (χ1n) is 6.19. The number of anilines is 1. The van der Waals surface area contributed by atoms with Crippen LogP contribution in [0.15, 0.2) is 30.4 Å². The van der Waals surface area contributed by atoms with Crippen molar-refractivity contribution in [3.63, 3.8) is 0 Å². The first kappa shape index (κ1) is 13.9. The molecule has 0 atom stereocenters. The maximum absolute atomic E-state index is 11.1. The SMILES string of the molecule is O=C(O)N1CCCc2cc(OCC=CCBr)ccc21. The molecule has 0 radical (unpaired) electrons. The molecule has 0 spiro atoms. The Morgan fingerprint density at radius 3 is 3.05 bits per heavy atom. The van der Waals surface area contributed by atoms with Crippen LogP contribution in [0.5, 0.6) is 5.75 Å². The molecular formula is C14H16BrNO3. The summed E-state index contributed by atoms with van der Waals surface area (Å²) in [5.74, 6) is 0.783. The normalized spacial score (nSPS) is 14.5. The van der Waals surface area contributed by atoms with Gasteiger partial charge in [0.1, 0.15) is 12.4 Å². The van der Waals surface area contributed by atoms with Gasteiger partial charge in [0.15, 0.2) is 0 Å². The number of carbonyl (C=O) groups is 1. The molecule has 0 bridgehead atoms. The van der Waals surface area contributed by atoms with E-state index in [1.807, 2.05) is 30.4 Å². The zero-order valence-electron chi connectivity index (χ0n) is 10.5. The second-order valence-corrected chi connectivity index (χ2v) is 4.91. The average Bonchev–Trinajstić information content (AvgIpc) is 2.42. The van der Waals surface area contributed by atoms with Crippen molar-refractivity contribution in [2.75, 3.05) is 23.4 Å². The quantitative estimate of drug-likeness (QED) is 0.681. The number of benzene rings is 1. The zero-order valence-corrected chi connectivity index (χ0v) is 12.1. The lowest BCUT2D eigenvalue weighted by atomic mass is 10.0. The topological polar surface area (TPSA) is 49.8 Å². The predicted molar refractivity (Wildman–Crippen MR) is 78.6 cm³/mol. The van der Waals surface area contributed by atoms with Crippen LogP contribution in [0.1, 0.15) is 12.0 Å². The van der Waals surface area contributed by atoms with Crippen LogP contribution in [0.2, 0.25) is 0 Å². The maximum atomic E-state index is 11.1. The molecule has 0 fully saturated rings. The summed E-state index contributed by atoms with van der Waals surface area (Å²) >= 11 is 3.30. The summed E-state index contributed by atoms with van der Waals surface area (Å²) in [6.07, 6.45) is 4.78. The molecule has 4 nitrogen and oxygen atoms in total. The summed E-state index contributed by atoms with van der Waals surface area (Å²) in [6.45, 7) is 1.09. The Labute approximate surface area is 120 Å². The fraction of sp³-hybridized carbons (Fsp3) is 0.357. The molecule has 0 saturated carbocycles. The fourth-order valence-electron chi connectivity index (χ4n) is 2.14. The summed E-state index contributed by atoms with van der Waals surface area (Å²) in [5.41, 5.74) is 1.82. The highest BCUT2D eigenvalue weighted by atomic mass is 79.9. The van der Waals surface area contributed by atoms with Gasteiger partial charge < -0.3 is 9.84 Å². The molecule has 1 N–H and O–H groups in total. The number of allylic oxidation sites excluding steroid dienone is 1. The minimum atomic E-state index is -0.894. The number of carboxylic acid groups (broad SMARTS) is 1. The van der Waals surface area contributed by atoms with E-state index in [2.05, 4.69) is 15.9 Å². The van der Waals surface area contributed by atoms with Crippen LogP contribution in [-0.4, -0.2) is 29.7 Å². The number of amides is 1. The van der Waals surface area contributed by atoms with E-state index in [1.54, 1.807) is 0 Å². The van der Waals surface area contributed by atoms with Crippen molar-refractivity contribution >= 4 is 27.7 Å².